The molecule has 3 rings (SSSR count). The molecule has 1 aromatic carbocycles. The maximum absolute atomic E-state index is 12.8. The number of methoxy groups -OCH3 is 1. The summed E-state index contributed by atoms with van der Waals surface area (Å²) in [6, 6.07) is 7.09. The van der Waals surface area contributed by atoms with Crippen molar-refractivity contribution >= 4 is 32.4 Å². The van der Waals surface area contributed by atoms with Crippen LogP contribution in [-0.2, 0) is 21.4 Å². The van der Waals surface area contributed by atoms with E-state index in [2.05, 4.69) is 25.7 Å². The summed E-state index contributed by atoms with van der Waals surface area (Å²) in [7, 11) is -1.06. The highest BCUT2D eigenvalue weighted by Crippen LogP contribution is 2.26. The van der Waals surface area contributed by atoms with E-state index in [0.717, 1.165) is 15.6 Å². The van der Waals surface area contributed by atoms with Crippen LogP contribution in [0.3, 0.4) is 0 Å². The first-order valence-electron chi connectivity index (χ1n) is 9.09. The molecular weight excluding hydrogens is 444 g/mol. The number of carbonyl (C=O) groups excluding carboxylic acids is 1. The van der Waals surface area contributed by atoms with Crippen LogP contribution < -0.4 is 10.1 Å². The van der Waals surface area contributed by atoms with Crippen LogP contribution in [0.1, 0.15) is 26.7 Å². The number of sulfonamides is 1. The van der Waals surface area contributed by atoms with Gasteiger partial charge >= 0.3 is 0 Å². The number of carbonyl (C=O) groups is 1. The zero-order valence-electron chi connectivity index (χ0n) is 17.6. The number of hydrogen-bond acceptors (Lipinski definition) is 10. The minimum atomic E-state index is -3.97. The van der Waals surface area contributed by atoms with Crippen molar-refractivity contribution in [3.63, 3.8) is 0 Å². The third-order valence-corrected chi connectivity index (χ3v) is 7.08. The Bertz CT molecular complexity index is 1180. The Morgan fingerprint density at radius 2 is 2.03 bits per heavy atom. The van der Waals surface area contributed by atoms with Gasteiger partial charge in [-0.1, -0.05) is 49.4 Å². The van der Waals surface area contributed by atoms with E-state index in [1.807, 2.05) is 0 Å². The molecule has 0 saturated heterocycles. The van der Waals surface area contributed by atoms with Crippen molar-refractivity contribution in [2.24, 2.45) is 5.41 Å². The van der Waals surface area contributed by atoms with Crippen LogP contribution in [0.25, 0.3) is 11.4 Å². The Morgan fingerprint density at radius 3 is 2.71 bits per heavy atom. The number of nitrogens with one attached hydrogen (secondary N) is 1. The van der Waals surface area contributed by atoms with Crippen molar-refractivity contribution in [2.75, 3.05) is 19.5 Å². The van der Waals surface area contributed by atoms with Crippen LogP contribution >= 0.6 is 11.3 Å². The van der Waals surface area contributed by atoms with E-state index in [9.17, 15) is 13.2 Å². The van der Waals surface area contributed by atoms with Gasteiger partial charge in [0, 0.05) is 18.0 Å². The molecule has 0 fully saturated rings. The number of nitrogens with zero attached hydrogens (tertiary/aromatic N) is 5. The van der Waals surface area contributed by atoms with E-state index in [1.165, 1.54) is 7.05 Å². The molecule has 0 bridgehead atoms. The molecule has 3 aromatic rings. The highest BCUT2D eigenvalue weighted by Gasteiger charge is 2.29. The summed E-state index contributed by atoms with van der Waals surface area (Å²) in [5.41, 5.74) is 0.0168. The fraction of sp³-hybridized carbons (Fsp3) is 0.389. The van der Waals surface area contributed by atoms with E-state index in [1.54, 1.807) is 52.1 Å². The first-order valence-corrected chi connectivity index (χ1v) is 11.3. The highest BCUT2D eigenvalue weighted by molar-refractivity contribution is 7.91. The smallest absolute Gasteiger partial charge is 0.272 e. The summed E-state index contributed by atoms with van der Waals surface area (Å²) in [5, 5.41) is 14.0. The van der Waals surface area contributed by atoms with Gasteiger partial charge in [0.15, 0.2) is 0 Å². The van der Waals surface area contributed by atoms with Crippen LogP contribution in [0.15, 0.2) is 33.1 Å². The minimum absolute atomic E-state index is 0.102. The van der Waals surface area contributed by atoms with Crippen LogP contribution in [0.5, 0.6) is 5.75 Å². The van der Waals surface area contributed by atoms with Gasteiger partial charge in [-0.25, -0.2) is 8.42 Å². The fourth-order valence-corrected chi connectivity index (χ4v) is 4.46. The van der Waals surface area contributed by atoms with Crippen molar-refractivity contribution < 1.29 is 22.5 Å². The number of rotatable bonds is 7. The van der Waals surface area contributed by atoms with E-state index in [4.69, 9.17) is 9.26 Å². The molecular formula is C18H22N6O5S2. The lowest BCUT2D eigenvalue weighted by atomic mass is 9.96. The standard InChI is InChI=1S/C18H22N6O5S2/c1-18(2,3)15(25)20-16-21-22-17(30-16)31(26,27)24(4)10-13-19-14(23-29-13)11-7-6-8-12(9-11)28-5/h6-9H,10H2,1-5H3,(H,20,21,25). The average Bonchev–Trinajstić information content (AvgIpc) is 3.37. The zero-order chi connectivity index (χ0) is 22.8. The quantitative estimate of drug-likeness (QED) is 0.520. The number of benzene rings is 1. The highest BCUT2D eigenvalue weighted by atomic mass is 32.2. The molecule has 1 N–H and O–H groups in total. The molecule has 11 nitrogen and oxygen atoms in total. The Hall–Kier alpha value is -2.90. The average molecular weight is 467 g/mol. The Labute approximate surface area is 183 Å². The first kappa shape index (κ1) is 22.8. The van der Waals surface area contributed by atoms with Crippen molar-refractivity contribution in [3.05, 3.63) is 30.2 Å². The second-order valence-electron chi connectivity index (χ2n) is 7.58. The molecule has 0 atom stereocenters. The molecule has 1 amide bonds. The van der Waals surface area contributed by atoms with E-state index in [-0.39, 0.29) is 27.8 Å². The molecule has 0 unspecified atom stereocenters. The monoisotopic (exact) mass is 466 g/mol. The molecule has 2 heterocycles. The summed E-state index contributed by atoms with van der Waals surface area (Å²) in [4.78, 5) is 16.3. The summed E-state index contributed by atoms with van der Waals surface area (Å²) in [5.74, 6) is 0.753. The Kier molecular flexibility index (Phi) is 6.38. The Balaban J connectivity index is 1.72. The van der Waals surface area contributed by atoms with Gasteiger partial charge in [0.05, 0.1) is 13.7 Å². The zero-order valence-corrected chi connectivity index (χ0v) is 19.2. The second kappa shape index (κ2) is 8.69. The topological polar surface area (TPSA) is 140 Å². The number of hydrogen-bond donors (Lipinski definition) is 1. The molecule has 166 valence electrons. The lowest BCUT2D eigenvalue weighted by Crippen LogP contribution is -2.27. The first-order chi connectivity index (χ1) is 14.5. The van der Waals surface area contributed by atoms with Crippen LogP contribution in [0.4, 0.5) is 5.13 Å². The van der Waals surface area contributed by atoms with E-state index >= 15 is 0 Å². The van der Waals surface area contributed by atoms with Gasteiger partial charge in [-0.2, -0.15) is 9.29 Å². The largest absolute Gasteiger partial charge is 0.497 e. The second-order valence-corrected chi connectivity index (χ2v) is 10.8. The molecule has 0 aliphatic heterocycles. The summed E-state index contributed by atoms with van der Waals surface area (Å²) >= 11 is 0.765. The van der Waals surface area contributed by atoms with Gasteiger partial charge in [-0.05, 0) is 12.1 Å². The van der Waals surface area contributed by atoms with Crippen LogP contribution in [0, 0.1) is 5.41 Å². The molecule has 0 aliphatic carbocycles. The number of anilines is 1. The summed E-state index contributed by atoms with van der Waals surface area (Å²) in [6.07, 6.45) is 0. The summed E-state index contributed by atoms with van der Waals surface area (Å²) in [6.45, 7) is 5.04. The molecule has 0 saturated carbocycles. The van der Waals surface area contributed by atoms with Gasteiger partial charge in [-0.3, -0.25) is 4.79 Å². The fourth-order valence-electron chi connectivity index (χ4n) is 2.26. The van der Waals surface area contributed by atoms with E-state index < -0.39 is 15.4 Å². The SMILES string of the molecule is COc1cccc(-c2noc(CN(C)S(=O)(=O)c3nnc(NC(=O)C(C)(C)C)s3)n2)c1. The lowest BCUT2D eigenvalue weighted by Gasteiger charge is -2.15. The molecule has 0 aliphatic rings. The lowest BCUT2D eigenvalue weighted by molar-refractivity contribution is -0.123. The van der Waals surface area contributed by atoms with Gasteiger partial charge < -0.3 is 14.6 Å². The van der Waals surface area contributed by atoms with Crippen molar-refractivity contribution in [3.8, 4) is 17.1 Å². The van der Waals surface area contributed by atoms with Gasteiger partial charge in [0.2, 0.25) is 27.1 Å². The number of ether oxygens (including phenoxy) is 1. The Morgan fingerprint density at radius 1 is 1.29 bits per heavy atom. The third kappa shape index (κ3) is 5.24. The van der Waals surface area contributed by atoms with Crippen molar-refractivity contribution in [2.45, 2.75) is 31.7 Å². The van der Waals surface area contributed by atoms with Crippen LogP contribution in [0.2, 0.25) is 0 Å². The molecule has 31 heavy (non-hydrogen) atoms. The third-order valence-electron chi connectivity index (χ3n) is 4.09. The molecule has 0 radical (unpaired) electrons. The van der Waals surface area contributed by atoms with Crippen molar-refractivity contribution in [1.29, 1.82) is 0 Å². The van der Waals surface area contributed by atoms with Gasteiger partial charge in [0.25, 0.3) is 10.0 Å². The molecule has 0 spiro atoms. The predicted molar refractivity (Wildman–Crippen MR) is 113 cm³/mol. The predicted octanol–water partition coefficient (Wildman–Crippen LogP) is 2.40. The number of amides is 1. The summed E-state index contributed by atoms with van der Waals surface area (Å²) < 4.78 is 36.7. The maximum atomic E-state index is 12.8. The van der Waals surface area contributed by atoms with Gasteiger partial charge in [0.1, 0.15) is 5.75 Å². The number of aromatic nitrogens is 4. The molecule has 13 heteroatoms. The normalized spacial score (nSPS) is 12.2. The van der Waals surface area contributed by atoms with Crippen LogP contribution in [-0.4, -0.2) is 53.1 Å². The van der Waals surface area contributed by atoms with Gasteiger partial charge in [-0.15, -0.1) is 10.2 Å². The molecule has 2 aromatic heterocycles. The maximum Gasteiger partial charge on any atom is 0.272 e. The minimum Gasteiger partial charge on any atom is -0.497 e. The van der Waals surface area contributed by atoms with Crippen molar-refractivity contribution in [1.82, 2.24) is 24.6 Å². The van der Waals surface area contributed by atoms with E-state index in [0.29, 0.717) is 17.1 Å².